The lowest BCUT2D eigenvalue weighted by Crippen LogP contribution is -2.14. The summed E-state index contributed by atoms with van der Waals surface area (Å²) in [6.07, 6.45) is -0.953. The largest absolute Gasteiger partial charge is 0.497 e. The number of rotatable bonds is 4. The fourth-order valence-corrected chi connectivity index (χ4v) is 1.42. The molecule has 0 aliphatic heterocycles. The number of ether oxygens (including phenoxy) is 1. The Morgan fingerprint density at radius 2 is 2.21 bits per heavy atom. The number of aryl methyl sites for hydroxylation is 1. The number of nitrogens with one attached hydrogen (secondary N) is 1. The van der Waals surface area contributed by atoms with Gasteiger partial charge in [-0.05, 0) is 37.2 Å². The van der Waals surface area contributed by atoms with Crippen LogP contribution in [0.4, 0.5) is 4.39 Å². The zero-order valence-corrected chi connectivity index (χ0v) is 8.80. The summed E-state index contributed by atoms with van der Waals surface area (Å²) in [5.74, 6) is 0.767. The van der Waals surface area contributed by atoms with E-state index in [2.05, 4.69) is 5.32 Å². The van der Waals surface area contributed by atoms with E-state index < -0.39 is 6.17 Å². The molecule has 0 heterocycles. The molecule has 0 bridgehead atoms. The van der Waals surface area contributed by atoms with Crippen LogP contribution in [0.5, 0.6) is 5.75 Å². The van der Waals surface area contributed by atoms with Gasteiger partial charge < -0.3 is 10.1 Å². The van der Waals surface area contributed by atoms with Gasteiger partial charge in [0.2, 0.25) is 0 Å². The van der Waals surface area contributed by atoms with Crippen molar-refractivity contribution >= 4 is 0 Å². The molecule has 0 radical (unpaired) electrons. The second-order valence-corrected chi connectivity index (χ2v) is 3.25. The molecule has 14 heavy (non-hydrogen) atoms. The molecule has 1 aromatic rings. The van der Waals surface area contributed by atoms with E-state index in [1.807, 2.05) is 13.0 Å². The van der Waals surface area contributed by atoms with Gasteiger partial charge in [-0.3, -0.25) is 0 Å². The number of hydrogen-bond donors (Lipinski definition) is 1. The van der Waals surface area contributed by atoms with Crippen LogP contribution < -0.4 is 10.1 Å². The van der Waals surface area contributed by atoms with Gasteiger partial charge in [0.25, 0.3) is 0 Å². The monoisotopic (exact) mass is 197 g/mol. The third-order valence-electron chi connectivity index (χ3n) is 2.20. The Kier molecular flexibility index (Phi) is 3.89. The van der Waals surface area contributed by atoms with Gasteiger partial charge in [0.05, 0.1) is 7.11 Å². The highest BCUT2D eigenvalue weighted by Crippen LogP contribution is 2.24. The van der Waals surface area contributed by atoms with Crippen LogP contribution in [0.2, 0.25) is 0 Å². The highest BCUT2D eigenvalue weighted by Gasteiger charge is 2.11. The van der Waals surface area contributed by atoms with Gasteiger partial charge in [-0.25, -0.2) is 4.39 Å². The van der Waals surface area contributed by atoms with Crippen molar-refractivity contribution in [3.05, 3.63) is 29.3 Å². The van der Waals surface area contributed by atoms with Gasteiger partial charge in [-0.1, -0.05) is 6.07 Å². The molecule has 3 heteroatoms. The minimum absolute atomic E-state index is 0.340. The van der Waals surface area contributed by atoms with Crippen molar-refractivity contribution in [1.82, 2.24) is 5.32 Å². The summed E-state index contributed by atoms with van der Waals surface area (Å²) in [7, 11) is 3.35. The average molecular weight is 197 g/mol. The molecule has 0 amide bonds. The summed E-state index contributed by atoms with van der Waals surface area (Å²) in [6.45, 7) is 2.23. The van der Waals surface area contributed by atoms with Gasteiger partial charge in [0.15, 0.2) is 0 Å². The van der Waals surface area contributed by atoms with E-state index in [4.69, 9.17) is 4.74 Å². The van der Waals surface area contributed by atoms with Crippen molar-refractivity contribution in [2.45, 2.75) is 13.1 Å². The Balaban J connectivity index is 2.88. The Morgan fingerprint density at radius 1 is 1.50 bits per heavy atom. The first kappa shape index (κ1) is 11.0. The van der Waals surface area contributed by atoms with Crippen molar-refractivity contribution < 1.29 is 9.13 Å². The summed E-state index contributed by atoms with van der Waals surface area (Å²) in [5, 5.41) is 2.82. The minimum atomic E-state index is -0.953. The molecule has 0 saturated heterocycles. The Labute approximate surface area is 84.1 Å². The first-order chi connectivity index (χ1) is 6.69. The first-order valence-electron chi connectivity index (χ1n) is 4.62. The van der Waals surface area contributed by atoms with E-state index in [9.17, 15) is 4.39 Å². The lowest BCUT2D eigenvalue weighted by Gasteiger charge is -2.12. The molecule has 0 aliphatic carbocycles. The van der Waals surface area contributed by atoms with Crippen molar-refractivity contribution in [2.75, 3.05) is 20.7 Å². The fourth-order valence-electron chi connectivity index (χ4n) is 1.42. The summed E-state index contributed by atoms with van der Waals surface area (Å²) in [4.78, 5) is 0. The number of likely N-dealkylation sites (N-methyl/N-ethyl adjacent to an activating group) is 1. The van der Waals surface area contributed by atoms with E-state index >= 15 is 0 Å². The normalized spacial score (nSPS) is 12.6. The number of alkyl halides is 1. The number of benzene rings is 1. The van der Waals surface area contributed by atoms with E-state index in [1.165, 1.54) is 0 Å². The van der Waals surface area contributed by atoms with E-state index in [0.29, 0.717) is 6.54 Å². The minimum Gasteiger partial charge on any atom is -0.497 e. The molecule has 0 saturated carbocycles. The smallest absolute Gasteiger partial charge is 0.138 e. The highest BCUT2D eigenvalue weighted by atomic mass is 19.1. The van der Waals surface area contributed by atoms with Crippen LogP contribution in [0.15, 0.2) is 18.2 Å². The quantitative estimate of drug-likeness (QED) is 0.799. The van der Waals surface area contributed by atoms with E-state index in [1.54, 1.807) is 26.3 Å². The summed E-state index contributed by atoms with van der Waals surface area (Å²) < 4.78 is 18.6. The van der Waals surface area contributed by atoms with Gasteiger partial charge in [-0.2, -0.15) is 0 Å². The van der Waals surface area contributed by atoms with Gasteiger partial charge in [0, 0.05) is 6.54 Å². The van der Waals surface area contributed by atoms with Crippen LogP contribution in [0.25, 0.3) is 0 Å². The predicted octanol–water partition coefficient (Wildman–Crippen LogP) is 2.23. The van der Waals surface area contributed by atoms with E-state index in [-0.39, 0.29) is 0 Å². The average Bonchev–Trinajstić information content (AvgIpc) is 2.17. The first-order valence-corrected chi connectivity index (χ1v) is 4.62. The number of methoxy groups -OCH3 is 1. The third kappa shape index (κ3) is 2.45. The second kappa shape index (κ2) is 4.96. The van der Waals surface area contributed by atoms with Crippen LogP contribution >= 0.6 is 0 Å². The number of hydrogen-bond acceptors (Lipinski definition) is 2. The molecule has 1 atom stereocenters. The SMILES string of the molecule is CNCC(F)c1ccc(OC)cc1C. The topological polar surface area (TPSA) is 21.3 Å². The molecule has 1 rings (SSSR count). The van der Waals surface area contributed by atoms with Gasteiger partial charge >= 0.3 is 0 Å². The molecule has 1 unspecified atom stereocenters. The van der Waals surface area contributed by atoms with Crippen LogP contribution in [0.1, 0.15) is 17.3 Å². The number of halogens is 1. The molecule has 0 aliphatic rings. The zero-order valence-electron chi connectivity index (χ0n) is 8.80. The van der Waals surface area contributed by atoms with Crippen molar-refractivity contribution in [3.8, 4) is 5.75 Å². The van der Waals surface area contributed by atoms with E-state index in [0.717, 1.165) is 16.9 Å². The molecule has 1 N–H and O–H groups in total. The van der Waals surface area contributed by atoms with Crippen LogP contribution in [-0.2, 0) is 0 Å². The zero-order chi connectivity index (χ0) is 10.6. The maximum Gasteiger partial charge on any atom is 0.138 e. The molecule has 0 aromatic heterocycles. The predicted molar refractivity (Wildman–Crippen MR) is 55.5 cm³/mol. The maximum absolute atomic E-state index is 13.5. The summed E-state index contributed by atoms with van der Waals surface area (Å²) >= 11 is 0. The van der Waals surface area contributed by atoms with Crippen molar-refractivity contribution in [3.63, 3.8) is 0 Å². The Bertz CT molecular complexity index is 301. The second-order valence-electron chi connectivity index (χ2n) is 3.25. The van der Waals surface area contributed by atoms with Crippen LogP contribution in [-0.4, -0.2) is 20.7 Å². The fraction of sp³-hybridized carbons (Fsp3) is 0.455. The Hall–Kier alpha value is -1.09. The lowest BCUT2D eigenvalue weighted by molar-refractivity contribution is 0.333. The molecule has 0 spiro atoms. The third-order valence-corrected chi connectivity index (χ3v) is 2.20. The molecular weight excluding hydrogens is 181 g/mol. The molecule has 78 valence electrons. The van der Waals surface area contributed by atoms with Crippen LogP contribution in [0, 0.1) is 6.92 Å². The summed E-state index contributed by atoms with van der Waals surface area (Å²) in [6, 6.07) is 5.40. The molecule has 0 fully saturated rings. The van der Waals surface area contributed by atoms with Crippen molar-refractivity contribution in [1.29, 1.82) is 0 Å². The van der Waals surface area contributed by atoms with Crippen LogP contribution in [0.3, 0.4) is 0 Å². The summed E-state index contributed by atoms with van der Waals surface area (Å²) in [5.41, 5.74) is 1.65. The molecule has 2 nitrogen and oxygen atoms in total. The Morgan fingerprint density at radius 3 is 2.71 bits per heavy atom. The maximum atomic E-state index is 13.5. The van der Waals surface area contributed by atoms with Crippen molar-refractivity contribution in [2.24, 2.45) is 0 Å². The van der Waals surface area contributed by atoms with Gasteiger partial charge in [0.1, 0.15) is 11.9 Å². The molecule has 1 aromatic carbocycles. The highest BCUT2D eigenvalue weighted by molar-refractivity contribution is 5.36. The molecular formula is C11H16FNO. The lowest BCUT2D eigenvalue weighted by atomic mass is 10.0. The van der Waals surface area contributed by atoms with Gasteiger partial charge in [-0.15, -0.1) is 0 Å². The standard InChI is InChI=1S/C11H16FNO/c1-8-6-9(14-3)4-5-10(8)11(12)7-13-2/h4-6,11,13H,7H2,1-3H3.